The van der Waals surface area contributed by atoms with Crippen LogP contribution in [0.5, 0.6) is 0 Å². The molecule has 1 saturated heterocycles. The number of amides is 3. The summed E-state index contributed by atoms with van der Waals surface area (Å²) in [4.78, 5) is 53.0. The first-order valence-electron chi connectivity index (χ1n) is 10.3. The van der Waals surface area contributed by atoms with Crippen LogP contribution in [0.2, 0.25) is 15.1 Å². The summed E-state index contributed by atoms with van der Waals surface area (Å²) in [5, 5.41) is 2.53. The second-order valence-electron chi connectivity index (χ2n) is 8.11. The molecule has 1 fully saturated rings. The molecule has 6 nitrogen and oxygen atoms in total. The molecule has 33 heavy (non-hydrogen) atoms. The lowest BCUT2D eigenvalue weighted by Crippen LogP contribution is -2.52. The highest BCUT2D eigenvalue weighted by Crippen LogP contribution is 2.39. The van der Waals surface area contributed by atoms with Gasteiger partial charge >= 0.3 is 0 Å². The third-order valence-corrected chi connectivity index (χ3v) is 6.70. The number of rotatable bonds is 5. The molecule has 1 aliphatic carbocycles. The number of carbonyl (C=O) groups is 4. The number of hydrazine groups is 1. The lowest BCUT2D eigenvalue weighted by atomic mass is 9.82. The Morgan fingerprint density at radius 2 is 1.61 bits per heavy atom. The standard InChI is InChI=1S/C24H19Cl3N2O4/c1-13-2-8-17-19(10-13)24(33)29(23(17)32)28(12-21(30)14-3-5-15(25)6-4-14)22(31)18-9-7-16(26)11-20(18)27/h2-7,9,11,17,19H,8,10,12H2,1H3/t17-,19-/m1/s1. The van der Waals surface area contributed by atoms with E-state index in [0.29, 0.717) is 22.9 Å². The van der Waals surface area contributed by atoms with Crippen LogP contribution in [0.4, 0.5) is 0 Å². The maximum absolute atomic E-state index is 13.5. The molecule has 0 saturated carbocycles. The molecule has 0 spiro atoms. The molecule has 0 N–H and O–H groups in total. The van der Waals surface area contributed by atoms with E-state index in [1.54, 1.807) is 12.1 Å². The first-order valence-corrected chi connectivity index (χ1v) is 11.4. The summed E-state index contributed by atoms with van der Waals surface area (Å²) in [5.41, 5.74) is 1.32. The number of ketones is 1. The van der Waals surface area contributed by atoms with E-state index < -0.39 is 41.9 Å². The number of fused-ring (bicyclic) bond motifs is 1. The van der Waals surface area contributed by atoms with E-state index in [1.807, 2.05) is 13.0 Å². The van der Waals surface area contributed by atoms with Crippen molar-refractivity contribution >= 4 is 58.3 Å². The fourth-order valence-corrected chi connectivity index (χ4v) is 4.77. The fraction of sp³-hybridized carbons (Fsp3) is 0.250. The van der Waals surface area contributed by atoms with Crippen molar-refractivity contribution in [3.8, 4) is 0 Å². The minimum atomic E-state index is -0.746. The van der Waals surface area contributed by atoms with Crippen LogP contribution in [0.25, 0.3) is 0 Å². The first-order chi connectivity index (χ1) is 15.7. The average Bonchev–Trinajstić information content (AvgIpc) is 3.01. The van der Waals surface area contributed by atoms with Gasteiger partial charge in [-0.2, -0.15) is 5.01 Å². The van der Waals surface area contributed by atoms with Gasteiger partial charge in [0, 0.05) is 15.6 Å². The quantitative estimate of drug-likeness (QED) is 0.317. The molecular formula is C24H19Cl3N2O4. The molecule has 0 aromatic heterocycles. The van der Waals surface area contributed by atoms with E-state index in [0.717, 1.165) is 15.6 Å². The van der Waals surface area contributed by atoms with E-state index in [1.165, 1.54) is 30.3 Å². The van der Waals surface area contributed by atoms with Gasteiger partial charge in [0.05, 0.1) is 22.4 Å². The molecule has 0 unspecified atom stereocenters. The molecule has 1 aliphatic heterocycles. The molecule has 0 radical (unpaired) electrons. The predicted octanol–water partition coefficient (Wildman–Crippen LogP) is 5.23. The Morgan fingerprint density at radius 3 is 2.27 bits per heavy atom. The molecule has 9 heteroatoms. The number of benzene rings is 2. The van der Waals surface area contributed by atoms with Crippen LogP contribution in [-0.4, -0.2) is 40.1 Å². The smallest absolute Gasteiger partial charge is 0.274 e. The number of carbonyl (C=O) groups excluding carboxylic acids is 4. The summed E-state index contributed by atoms with van der Waals surface area (Å²) in [6, 6.07) is 10.4. The number of halogens is 3. The Balaban J connectivity index is 1.72. The van der Waals surface area contributed by atoms with E-state index in [4.69, 9.17) is 34.8 Å². The van der Waals surface area contributed by atoms with Crippen LogP contribution in [0.1, 0.15) is 40.5 Å². The lowest BCUT2D eigenvalue weighted by Gasteiger charge is -2.30. The van der Waals surface area contributed by atoms with Crippen molar-refractivity contribution in [1.82, 2.24) is 10.0 Å². The zero-order valence-corrected chi connectivity index (χ0v) is 19.8. The SMILES string of the molecule is CC1=CC[C@H]2C(=O)N(N(CC(=O)c3ccc(Cl)cc3)C(=O)c3ccc(Cl)cc3Cl)C(=O)[C@@H]2C1. The predicted molar refractivity (Wildman–Crippen MR) is 125 cm³/mol. The Bertz CT molecular complexity index is 1190. The third kappa shape index (κ3) is 4.56. The molecule has 2 aliphatic rings. The van der Waals surface area contributed by atoms with Crippen molar-refractivity contribution in [2.24, 2.45) is 11.8 Å². The number of hydrogen-bond acceptors (Lipinski definition) is 4. The van der Waals surface area contributed by atoms with Crippen LogP contribution in [0.3, 0.4) is 0 Å². The zero-order valence-electron chi connectivity index (χ0n) is 17.6. The molecule has 2 aromatic rings. The van der Waals surface area contributed by atoms with E-state index in [9.17, 15) is 19.2 Å². The van der Waals surface area contributed by atoms with Gasteiger partial charge in [-0.25, -0.2) is 5.01 Å². The normalized spacial score (nSPS) is 19.9. The Hall–Kier alpha value is -2.67. The summed E-state index contributed by atoms with van der Waals surface area (Å²) in [6.07, 6.45) is 2.77. The summed E-state index contributed by atoms with van der Waals surface area (Å²) in [5.74, 6) is -3.35. The van der Waals surface area contributed by atoms with Crippen LogP contribution >= 0.6 is 34.8 Å². The summed E-state index contributed by atoms with van der Waals surface area (Å²) in [6.45, 7) is 1.37. The Labute approximate surface area is 205 Å². The maximum Gasteiger partial charge on any atom is 0.274 e. The highest BCUT2D eigenvalue weighted by atomic mass is 35.5. The van der Waals surface area contributed by atoms with Crippen molar-refractivity contribution in [2.45, 2.75) is 19.8 Å². The number of nitrogens with zero attached hydrogens (tertiary/aromatic N) is 2. The molecule has 2 aromatic carbocycles. The second kappa shape index (κ2) is 9.29. The number of allylic oxidation sites excluding steroid dienone is 2. The number of hydrogen-bond donors (Lipinski definition) is 0. The van der Waals surface area contributed by atoms with Crippen LogP contribution in [-0.2, 0) is 9.59 Å². The van der Waals surface area contributed by atoms with Gasteiger partial charge in [-0.3, -0.25) is 19.2 Å². The van der Waals surface area contributed by atoms with Crippen molar-refractivity contribution < 1.29 is 19.2 Å². The summed E-state index contributed by atoms with van der Waals surface area (Å²) < 4.78 is 0. The van der Waals surface area contributed by atoms with Crippen LogP contribution in [0.15, 0.2) is 54.1 Å². The molecule has 1 heterocycles. The van der Waals surface area contributed by atoms with Gasteiger partial charge in [-0.15, -0.1) is 0 Å². The summed E-state index contributed by atoms with van der Waals surface area (Å²) in [7, 11) is 0. The molecule has 4 rings (SSSR count). The largest absolute Gasteiger partial charge is 0.292 e. The fourth-order valence-electron chi connectivity index (χ4n) is 4.16. The van der Waals surface area contributed by atoms with Crippen molar-refractivity contribution in [2.75, 3.05) is 6.54 Å². The topological polar surface area (TPSA) is 74.8 Å². The molecular weight excluding hydrogens is 487 g/mol. The van der Waals surface area contributed by atoms with Gasteiger partial charge in [0.15, 0.2) is 5.78 Å². The maximum atomic E-state index is 13.5. The van der Waals surface area contributed by atoms with E-state index in [2.05, 4.69) is 0 Å². The van der Waals surface area contributed by atoms with Gasteiger partial charge in [0.25, 0.3) is 17.7 Å². The van der Waals surface area contributed by atoms with Crippen molar-refractivity contribution in [1.29, 1.82) is 0 Å². The average molecular weight is 506 g/mol. The van der Waals surface area contributed by atoms with Crippen LogP contribution < -0.4 is 0 Å². The monoisotopic (exact) mass is 504 g/mol. The number of Topliss-reactive ketones (excluding diaryl/α,β-unsaturated/α-hetero) is 1. The Kier molecular flexibility index (Phi) is 6.61. The van der Waals surface area contributed by atoms with E-state index in [-0.39, 0.29) is 16.1 Å². The van der Waals surface area contributed by atoms with Crippen LogP contribution in [0, 0.1) is 11.8 Å². The molecule has 0 bridgehead atoms. The van der Waals surface area contributed by atoms with Gasteiger partial charge in [-0.05, 0) is 62.2 Å². The minimum Gasteiger partial charge on any atom is -0.292 e. The highest BCUT2D eigenvalue weighted by molar-refractivity contribution is 6.36. The van der Waals surface area contributed by atoms with Gasteiger partial charge < -0.3 is 0 Å². The Morgan fingerprint density at radius 1 is 0.970 bits per heavy atom. The highest BCUT2D eigenvalue weighted by Gasteiger charge is 2.51. The van der Waals surface area contributed by atoms with E-state index >= 15 is 0 Å². The number of imide groups is 1. The molecule has 2 atom stereocenters. The zero-order chi connectivity index (χ0) is 23.9. The minimum absolute atomic E-state index is 0.0229. The van der Waals surface area contributed by atoms with Gasteiger partial charge in [-0.1, -0.05) is 46.5 Å². The second-order valence-corrected chi connectivity index (χ2v) is 9.39. The lowest BCUT2D eigenvalue weighted by molar-refractivity contribution is -0.154. The summed E-state index contributed by atoms with van der Waals surface area (Å²) >= 11 is 18.1. The van der Waals surface area contributed by atoms with Crippen molar-refractivity contribution in [3.05, 3.63) is 80.3 Å². The van der Waals surface area contributed by atoms with Gasteiger partial charge in [0.2, 0.25) is 0 Å². The van der Waals surface area contributed by atoms with Crippen molar-refractivity contribution in [3.63, 3.8) is 0 Å². The first kappa shape index (κ1) is 23.5. The third-order valence-electron chi connectivity index (χ3n) is 5.90. The molecule has 170 valence electrons. The molecule has 3 amide bonds. The van der Waals surface area contributed by atoms with Gasteiger partial charge in [0.1, 0.15) is 6.54 Å².